The summed E-state index contributed by atoms with van der Waals surface area (Å²) in [5.41, 5.74) is -0.204. The van der Waals surface area contributed by atoms with E-state index in [0.717, 1.165) is 0 Å². The number of carbonyl (C=O) groups excluding carboxylic acids is 1. The molecule has 0 aliphatic carbocycles. The first-order valence-electron chi connectivity index (χ1n) is 3.85. The summed E-state index contributed by atoms with van der Waals surface area (Å²) in [4.78, 5) is 10.9. The highest BCUT2D eigenvalue weighted by atomic mass is 16.6. The molecule has 0 aromatic heterocycles. The van der Waals surface area contributed by atoms with Crippen LogP contribution in [0, 0.1) is 10.6 Å². The maximum atomic E-state index is 11.3. The minimum absolute atomic E-state index is 0.134. The van der Waals surface area contributed by atoms with E-state index in [1.165, 1.54) is 6.92 Å². The first kappa shape index (κ1) is 9.03. The van der Waals surface area contributed by atoms with E-state index in [-0.39, 0.29) is 11.1 Å². The fourth-order valence-corrected chi connectivity index (χ4v) is 1.03. The summed E-state index contributed by atoms with van der Waals surface area (Å²) >= 11 is 0. The zero-order chi connectivity index (χ0) is 9.52. The molecule has 1 heterocycles. The second-order valence-corrected chi connectivity index (χ2v) is 4.03. The van der Waals surface area contributed by atoms with Crippen molar-refractivity contribution in [3.05, 3.63) is 5.21 Å². The van der Waals surface area contributed by atoms with Crippen molar-refractivity contribution in [3.8, 4) is 0 Å². The van der Waals surface area contributed by atoms with Crippen LogP contribution in [0.5, 0.6) is 0 Å². The van der Waals surface area contributed by atoms with E-state index in [9.17, 15) is 10.0 Å². The summed E-state index contributed by atoms with van der Waals surface area (Å²) in [5, 5.41) is 11.3. The maximum absolute atomic E-state index is 11.3. The van der Waals surface area contributed by atoms with E-state index < -0.39 is 12.2 Å². The molecule has 1 aliphatic heterocycles. The Morgan fingerprint density at radius 2 is 2.00 bits per heavy atom. The molecule has 0 spiro atoms. The van der Waals surface area contributed by atoms with Gasteiger partial charge < -0.3 is 9.94 Å². The Hall–Kier alpha value is -1.06. The van der Waals surface area contributed by atoms with Gasteiger partial charge in [0, 0.05) is 6.92 Å². The average molecular weight is 171 g/mol. The van der Waals surface area contributed by atoms with Gasteiger partial charge >= 0.3 is 12.2 Å². The Kier molecular flexibility index (Phi) is 1.86. The van der Waals surface area contributed by atoms with Gasteiger partial charge in [0.2, 0.25) is 0 Å². The van der Waals surface area contributed by atoms with E-state index in [4.69, 9.17) is 4.74 Å². The van der Waals surface area contributed by atoms with Gasteiger partial charge in [-0.25, -0.2) is 4.79 Å². The number of hydrogen-bond acceptors (Lipinski definition) is 3. The van der Waals surface area contributed by atoms with Gasteiger partial charge in [0.05, 0.1) is 5.41 Å². The fourth-order valence-electron chi connectivity index (χ4n) is 1.03. The average Bonchev–Trinajstić information content (AvgIpc) is 2.15. The van der Waals surface area contributed by atoms with Gasteiger partial charge in [-0.2, -0.15) is 4.74 Å². The quantitative estimate of drug-likeness (QED) is 0.309. The Labute approximate surface area is 71.4 Å². The monoisotopic (exact) mass is 171 g/mol. The smallest absolute Gasteiger partial charge is 0.404 e. The summed E-state index contributed by atoms with van der Waals surface area (Å²) in [5.74, 6) is -0.509. The molecule has 0 bridgehead atoms. The number of ether oxygens (including phenoxy) is 1. The predicted octanol–water partition coefficient (Wildman–Crippen LogP) is 0.887. The Bertz CT molecular complexity index is 250. The molecule has 0 saturated heterocycles. The van der Waals surface area contributed by atoms with Crippen molar-refractivity contribution in [1.82, 2.24) is 0 Å². The van der Waals surface area contributed by atoms with E-state index in [0.29, 0.717) is 4.74 Å². The number of esters is 1. The topological polar surface area (TPSA) is 52.4 Å². The van der Waals surface area contributed by atoms with E-state index in [1.54, 1.807) is 0 Å². The molecule has 1 atom stereocenters. The van der Waals surface area contributed by atoms with Crippen molar-refractivity contribution in [2.45, 2.75) is 33.9 Å². The largest absolute Gasteiger partial charge is 0.621 e. The standard InChI is InChI=1S/C8H13NO3/c1-5-6(10)12-7(9(5)11)8(2,3)4/h7H,1-4H3. The van der Waals surface area contributed by atoms with Crippen molar-refractivity contribution in [3.63, 3.8) is 0 Å². The third kappa shape index (κ3) is 1.29. The van der Waals surface area contributed by atoms with Crippen LogP contribution >= 0.6 is 0 Å². The zero-order valence-corrected chi connectivity index (χ0v) is 7.75. The van der Waals surface area contributed by atoms with Crippen molar-refractivity contribution in [1.29, 1.82) is 0 Å². The molecule has 0 radical (unpaired) electrons. The molecule has 0 fully saturated rings. The molecule has 68 valence electrons. The summed E-state index contributed by atoms with van der Waals surface area (Å²) in [6.07, 6.45) is -0.676. The van der Waals surface area contributed by atoms with Gasteiger partial charge in [0.1, 0.15) is 0 Å². The molecule has 0 N–H and O–H groups in total. The first-order chi connectivity index (χ1) is 5.34. The molecule has 1 aliphatic rings. The number of hydrogen-bond donors (Lipinski definition) is 0. The van der Waals surface area contributed by atoms with Gasteiger partial charge in [-0.05, 0) is 20.8 Å². The normalized spacial score (nSPS) is 24.7. The van der Waals surface area contributed by atoms with Crippen LogP contribution in [0.4, 0.5) is 0 Å². The third-order valence-electron chi connectivity index (χ3n) is 1.80. The van der Waals surface area contributed by atoms with Crippen molar-refractivity contribution in [2.75, 3.05) is 0 Å². The van der Waals surface area contributed by atoms with E-state index in [2.05, 4.69) is 0 Å². The van der Waals surface area contributed by atoms with Gasteiger partial charge in [0.25, 0.3) is 5.71 Å². The highest BCUT2D eigenvalue weighted by molar-refractivity contribution is 6.33. The van der Waals surface area contributed by atoms with Crippen LogP contribution < -0.4 is 0 Å². The Morgan fingerprint density at radius 3 is 2.17 bits per heavy atom. The van der Waals surface area contributed by atoms with Crippen LogP contribution in [0.2, 0.25) is 0 Å². The molecule has 0 aromatic carbocycles. The maximum Gasteiger partial charge on any atom is 0.404 e. The lowest BCUT2D eigenvalue weighted by atomic mass is 9.94. The van der Waals surface area contributed by atoms with Crippen molar-refractivity contribution >= 4 is 11.7 Å². The molecular weight excluding hydrogens is 158 g/mol. The minimum Gasteiger partial charge on any atom is -0.621 e. The Balaban J connectivity index is 2.95. The molecule has 1 rings (SSSR count). The van der Waals surface area contributed by atoms with Gasteiger partial charge in [-0.3, -0.25) is 0 Å². The molecule has 1 unspecified atom stereocenters. The van der Waals surface area contributed by atoms with Gasteiger partial charge in [0.15, 0.2) is 0 Å². The second kappa shape index (κ2) is 2.47. The highest BCUT2D eigenvalue weighted by Crippen LogP contribution is 2.26. The summed E-state index contributed by atoms with van der Waals surface area (Å²) in [6.45, 7) is 7.04. The lowest BCUT2D eigenvalue weighted by Gasteiger charge is -2.22. The molecule has 0 saturated carbocycles. The SMILES string of the molecule is CC1=[N+]([O-])C(C(C)(C)C)OC1=O. The third-order valence-corrected chi connectivity index (χ3v) is 1.80. The summed E-state index contributed by atoms with van der Waals surface area (Å²) in [6, 6.07) is 0. The number of hydroxylamine groups is 1. The zero-order valence-electron chi connectivity index (χ0n) is 7.75. The van der Waals surface area contributed by atoms with Crippen molar-refractivity contribution in [2.24, 2.45) is 5.41 Å². The molecular formula is C8H13NO3. The van der Waals surface area contributed by atoms with Crippen LogP contribution in [0.25, 0.3) is 0 Å². The van der Waals surface area contributed by atoms with E-state index in [1.807, 2.05) is 20.8 Å². The number of cyclic esters (lactones) is 1. The minimum atomic E-state index is -0.676. The lowest BCUT2D eigenvalue weighted by Crippen LogP contribution is -2.34. The number of rotatable bonds is 0. The van der Waals surface area contributed by atoms with Gasteiger partial charge in [-0.15, -0.1) is 0 Å². The number of nitrogens with zero attached hydrogens (tertiary/aromatic N) is 1. The van der Waals surface area contributed by atoms with Crippen LogP contribution in [-0.2, 0) is 9.53 Å². The van der Waals surface area contributed by atoms with E-state index >= 15 is 0 Å². The molecule has 0 amide bonds. The highest BCUT2D eigenvalue weighted by Gasteiger charge is 2.43. The van der Waals surface area contributed by atoms with Crippen LogP contribution in [0.1, 0.15) is 27.7 Å². The summed E-state index contributed by atoms with van der Waals surface area (Å²) < 4.78 is 5.53. The Morgan fingerprint density at radius 1 is 1.50 bits per heavy atom. The molecule has 4 nitrogen and oxygen atoms in total. The van der Waals surface area contributed by atoms with Crippen LogP contribution in [-0.4, -0.2) is 22.6 Å². The summed E-state index contributed by atoms with van der Waals surface area (Å²) in [7, 11) is 0. The van der Waals surface area contributed by atoms with Crippen LogP contribution in [0.3, 0.4) is 0 Å². The molecule has 12 heavy (non-hydrogen) atoms. The van der Waals surface area contributed by atoms with Gasteiger partial charge in [-0.1, -0.05) is 0 Å². The molecule has 4 heteroatoms. The van der Waals surface area contributed by atoms with Crippen molar-refractivity contribution < 1.29 is 14.3 Å². The van der Waals surface area contributed by atoms with Crippen LogP contribution in [0.15, 0.2) is 0 Å². The lowest BCUT2D eigenvalue weighted by molar-refractivity contribution is -0.554. The fraction of sp³-hybridized carbons (Fsp3) is 0.750. The molecule has 0 aromatic rings. The number of carbonyl (C=O) groups is 1. The first-order valence-corrected chi connectivity index (χ1v) is 3.85. The predicted molar refractivity (Wildman–Crippen MR) is 43.6 cm³/mol. The second-order valence-electron chi connectivity index (χ2n) is 4.03.